The molecule has 318 valence electrons. The van der Waals surface area contributed by atoms with Crippen LogP contribution in [0.5, 0.6) is 0 Å². The maximum absolute atomic E-state index is 12.7. The molecule has 0 aromatic rings. The molecule has 0 spiro atoms. The Hall–Kier alpha value is -1.28. The van der Waals surface area contributed by atoms with Gasteiger partial charge in [-0.25, -0.2) is 4.57 Å². The second kappa shape index (κ2) is 38.6. The highest BCUT2D eigenvalue weighted by Crippen LogP contribution is 2.43. The van der Waals surface area contributed by atoms with Crippen molar-refractivity contribution in [2.45, 2.75) is 193 Å². The van der Waals surface area contributed by atoms with Crippen LogP contribution in [0.15, 0.2) is 36.5 Å². The summed E-state index contributed by atoms with van der Waals surface area (Å²) in [5.74, 6) is -0.318. The second-order valence-electron chi connectivity index (χ2n) is 16.1. The second-order valence-corrected chi connectivity index (χ2v) is 17.5. The number of rotatable bonds is 41. The van der Waals surface area contributed by atoms with Crippen molar-refractivity contribution in [3.05, 3.63) is 36.5 Å². The lowest BCUT2D eigenvalue weighted by molar-refractivity contribution is -0.870. The molecule has 1 N–H and O–H groups in total. The predicted molar refractivity (Wildman–Crippen MR) is 229 cm³/mol. The molecule has 0 aliphatic heterocycles. The van der Waals surface area contributed by atoms with E-state index in [1.165, 1.54) is 116 Å². The number of hydrogen-bond acceptors (Lipinski definition) is 6. The lowest BCUT2D eigenvalue weighted by atomic mass is 10.0. The minimum atomic E-state index is -4.27. The molecule has 0 saturated carbocycles. The number of allylic oxidation sites excluding steroid dienone is 6. The third-order valence-electron chi connectivity index (χ3n) is 9.45. The van der Waals surface area contributed by atoms with Gasteiger partial charge in [-0.1, -0.05) is 166 Å². The number of likely N-dealkylation sites (N-methyl/N-ethyl adjacent to an activating group) is 1. The van der Waals surface area contributed by atoms with Crippen LogP contribution in [0.4, 0.5) is 0 Å². The van der Waals surface area contributed by atoms with Crippen LogP contribution >= 0.6 is 7.82 Å². The van der Waals surface area contributed by atoms with Crippen LogP contribution in [0, 0.1) is 0 Å². The van der Waals surface area contributed by atoms with E-state index in [4.69, 9.17) is 18.5 Å². The Morgan fingerprint density at radius 3 is 1.56 bits per heavy atom. The van der Waals surface area contributed by atoms with Crippen molar-refractivity contribution in [1.82, 2.24) is 0 Å². The van der Waals surface area contributed by atoms with Gasteiger partial charge in [0, 0.05) is 13.0 Å². The molecule has 2 unspecified atom stereocenters. The van der Waals surface area contributed by atoms with E-state index in [1.807, 2.05) is 21.1 Å². The molecule has 0 aliphatic rings. The van der Waals surface area contributed by atoms with Gasteiger partial charge in [-0.15, -0.1) is 0 Å². The average molecular weight is 785 g/mol. The van der Waals surface area contributed by atoms with Crippen LogP contribution in [-0.2, 0) is 27.9 Å². The van der Waals surface area contributed by atoms with Gasteiger partial charge in [-0.2, -0.15) is 0 Å². The van der Waals surface area contributed by atoms with Crippen molar-refractivity contribution < 1.29 is 37.3 Å². The number of phosphoric acid groups is 1. The van der Waals surface area contributed by atoms with Gasteiger partial charge in [0.15, 0.2) is 0 Å². The Kier molecular flexibility index (Phi) is 37.7. The van der Waals surface area contributed by atoms with Gasteiger partial charge >= 0.3 is 13.8 Å². The van der Waals surface area contributed by atoms with Gasteiger partial charge < -0.3 is 18.9 Å². The van der Waals surface area contributed by atoms with Gasteiger partial charge in [0.05, 0.1) is 34.4 Å². The molecule has 0 aromatic carbocycles. The molecule has 0 aromatic heterocycles. The van der Waals surface area contributed by atoms with Crippen molar-refractivity contribution in [3.63, 3.8) is 0 Å². The van der Waals surface area contributed by atoms with Gasteiger partial charge in [0.2, 0.25) is 0 Å². The normalized spacial score (nSPS) is 14.1. The first kappa shape index (κ1) is 52.7. The molecule has 0 aliphatic carbocycles. The highest BCUT2D eigenvalue weighted by molar-refractivity contribution is 7.47. The number of unbranched alkanes of at least 4 members (excludes halogenated alkanes) is 21. The predicted octanol–water partition coefficient (Wildman–Crippen LogP) is 13.0. The fraction of sp³-hybridized carbons (Fsp3) is 0.844. The van der Waals surface area contributed by atoms with E-state index in [9.17, 15) is 14.3 Å². The van der Waals surface area contributed by atoms with Crippen LogP contribution in [0.2, 0.25) is 0 Å². The molecule has 0 radical (unpaired) electrons. The van der Waals surface area contributed by atoms with E-state index in [2.05, 4.69) is 50.3 Å². The first-order valence-corrected chi connectivity index (χ1v) is 23.7. The molecular formula is C45H87NO7P+. The minimum Gasteiger partial charge on any atom is -0.457 e. The van der Waals surface area contributed by atoms with Gasteiger partial charge in [-0.05, 0) is 51.4 Å². The zero-order chi connectivity index (χ0) is 39.9. The molecule has 9 heteroatoms. The number of carbonyl (C=O) groups is 1. The Bertz CT molecular complexity index is 962. The van der Waals surface area contributed by atoms with Crippen LogP contribution in [0.3, 0.4) is 0 Å². The summed E-state index contributed by atoms with van der Waals surface area (Å²) in [5.41, 5.74) is 0. The third kappa shape index (κ3) is 41.9. The Morgan fingerprint density at radius 1 is 0.574 bits per heavy atom. The maximum Gasteiger partial charge on any atom is 0.472 e. The Morgan fingerprint density at radius 2 is 1.02 bits per heavy atom. The van der Waals surface area contributed by atoms with Crippen molar-refractivity contribution in [1.29, 1.82) is 0 Å². The Balaban J connectivity index is 4.21. The first-order valence-electron chi connectivity index (χ1n) is 22.2. The fourth-order valence-corrected chi connectivity index (χ4v) is 6.71. The van der Waals surface area contributed by atoms with Gasteiger partial charge in [0.1, 0.15) is 19.3 Å². The molecule has 54 heavy (non-hydrogen) atoms. The summed E-state index contributed by atoms with van der Waals surface area (Å²) in [6, 6.07) is 0. The monoisotopic (exact) mass is 785 g/mol. The molecule has 0 amide bonds. The standard InChI is InChI=1S/C45H86NO7P/c1-6-8-10-12-14-16-18-20-21-22-23-24-25-26-27-29-31-33-35-37-40-50-42-44(43-52-54(48,49)51-41-39-46(3,4)5)53-45(47)38-36-34-32-30-28-19-17-15-13-11-9-7-2/h14,16,20-21,23-24,44H,6-13,15,17-19,22,25-43H2,1-5H3/p+1/b16-14-,21-20-,24-23-. The zero-order valence-corrected chi connectivity index (χ0v) is 36.9. The summed E-state index contributed by atoms with van der Waals surface area (Å²) in [5, 5.41) is 0. The largest absolute Gasteiger partial charge is 0.472 e. The quantitative estimate of drug-likeness (QED) is 0.0217. The van der Waals surface area contributed by atoms with E-state index >= 15 is 0 Å². The molecule has 2 atom stereocenters. The molecule has 0 fully saturated rings. The number of phosphoric ester groups is 1. The topological polar surface area (TPSA) is 91.3 Å². The maximum atomic E-state index is 12.7. The molecular weight excluding hydrogens is 697 g/mol. The summed E-state index contributed by atoms with van der Waals surface area (Å²) in [6.45, 7) is 5.58. The Labute approximate surface area is 334 Å². The number of quaternary nitrogens is 1. The van der Waals surface area contributed by atoms with Gasteiger partial charge in [-0.3, -0.25) is 13.8 Å². The molecule has 8 nitrogen and oxygen atoms in total. The smallest absolute Gasteiger partial charge is 0.457 e. The van der Waals surface area contributed by atoms with Crippen LogP contribution in [0.25, 0.3) is 0 Å². The van der Waals surface area contributed by atoms with Crippen molar-refractivity contribution >= 4 is 13.8 Å². The SMILES string of the molecule is CCCCC/C=C\C/C=C\C/C=C\CCCCCCCCCOCC(COP(=O)(O)OCC[N+](C)(C)C)OC(=O)CCCCCCCCCCCCCC. The highest BCUT2D eigenvalue weighted by atomic mass is 31.2. The van der Waals surface area contributed by atoms with E-state index in [1.54, 1.807) is 0 Å². The highest BCUT2D eigenvalue weighted by Gasteiger charge is 2.26. The van der Waals surface area contributed by atoms with E-state index in [0.29, 0.717) is 24.1 Å². The number of hydrogen-bond donors (Lipinski definition) is 1. The van der Waals surface area contributed by atoms with E-state index < -0.39 is 13.9 Å². The molecule has 0 rings (SSSR count). The summed E-state index contributed by atoms with van der Waals surface area (Å²) in [4.78, 5) is 22.8. The number of esters is 1. The van der Waals surface area contributed by atoms with Crippen molar-refractivity contribution in [3.8, 4) is 0 Å². The third-order valence-corrected chi connectivity index (χ3v) is 10.4. The summed E-state index contributed by atoms with van der Waals surface area (Å²) < 4.78 is 35.0. The minimum absolute atomic E-state index is 0.0871. The zero-order valence-electron chi connectivity index (χ0n) is 36.0. The van der Waals surface area contributed by atoms with Crippen molar-refractivity contribution in [2.24, 2.45) is 0 Å². The summed E-state index contributed by atoms with van der Waals surface area (Å²) in [6.07, 6.45) is 44.6. The van der Waals surface area contributed by atoms with E-state index in [0.717, 1.165) is 51.4 Å². The average Bonchev–Trinajstić information content (AvgIpc) is 3.12. The lowest BCUT2D eigenvalue weighted by Crippen LogP contribution is -2.37. The lowest BCUT2D eigenvalue weighted by Gasteiger charge is -2.24. The number of ether oxygens (including phenoxy) is 2. The van der Waals surface area contributed by atoms with E-state index in [-0.39, 0.29) is 25.8 Å². The molecule has 0 saturated heterocycles. The summed E-state index contributed by atoms with van der Waals surface area (Å²) in [7, 11) is 1.66. The molecule has 0 heterocycles. The van der Waals surface area contributed by atoms with Crippen LogP contribution in [-0.4, -0.2) is 75.6 Å². The number of carbonyl (C=O) groups excluding carboxylic acids is 1. The van der Waals surface area contributed by atoms with Gasteiger partial charge in [0.25, 0.3) is 0 Å². The first-order chi connectivity index (χ1) is 26.1. The van der Waals surface area contributed by atoms with Crippen LogP contribution in [0.1, 0.15) is 187 Å². The summed E-state index contributed by atoms with van der Waals surface area (Å²) >= 11 is 0. The van der Waals surface area contributed by atoms with Crippen molar-refractivity contribution in [2.75, 3.05) is 54.1 Å². The molecule has 0 bridgehead atoms. The fourth-order valence-electron chi connectivity index (χ4n) is 5.97. The number of nitrogens with zero attached hydrogens (tertiary/aromatic N) is 1. The van der Waals surface area contributed by atoms with Crippen LogP contribution < -0.4 is 0 Å².